The summed E-state index contributed by atoms with van der Waals surface area (Å²) in [5.74, 6) is 0. The highest BCUT2D eigenvalue weighted by Crippen LogP contribution is 2.51. The van der Waals surface area contributed by atoms with E-state index in [9.17, 15) is 4.57 Å². The molecule has 0 saturated carbocycles. The molecule has 2 heteroatoms. The highest BCUT2D eigenvalue weighted by atomic mass is 31.2. The lowest BCUT2D eigenvalue weighted by Crippen LogP contribution is -2.16. The maximum absolute atomic E-state index is 13.8. The van der Waals surface area contributed by atoms with Gasteiger partial charge in [-0.05, 0) is 13.8 Å². The third-order valence-electron chi connectivity index (χ3n) is 3.36. The van der Waals surface area contributed by atoms with Gasteiger partial charge < -0.3 is 4.57 Å². The van der Waals surface area contributed by atoms with Crippen molar-refractivity contribution in [1.29, 1.82) is 0 Å². The molecule has 0 spiro atoms. The third-order valence-corrected chi connectivity index (χ3v) is 6.37. The van der Waals surface area contributed by atoms with Crippen molar-refractivity contribution in [2.45, 2.75) is 13.8 Å². The first kappa shape index (κ1) is 16.3. The summed E-state index contributed by atoms with van der Waals surface area (Å²) in [4.78, 5) is 0. The van der Waals surface area contributed by atoms with Gasteiger partial charge in [0.05, 0.1) is 0 Å². The Bertz CT molecular complexity index is 692. The molecule has 0 N–H and O–H groups in total. The van der Waals surface area contributed by atoms with Crippen LogP contribution in [-0.2, 0) is 4.57 Å². The van der Waals surface area contributed by atoms with Gasteiger partial charge in [0.25, 0.3) is 0 Å². The normalized spacial score (nSPS) is 11.4. The van der Waals surface area contributed by atoms with Crippen molar-refractivity contribution in [3.8, 4) is 0 Å². The Kier molecular flexibility index (Phi) is 5.35. The number of allylic oxidation sites excluding steroid dienone is 5. The SMILES string of the molecule is C=C(/C=C\C=C(C)C)P(=O)(c1ccccc1)c1ccccc1. The van der Waals surface area contributed by atoms with Crippen LogP contribution in [0.1, 0.15) is 13.8 Å². The van der Waals surface area contributed by atoms with Gasteiger partial charge >= 0.3 is 0 Å². The Morgan fingerprint density at radius 3 is 1.77 bits per heavy atom. The molecule has 22 heavy (non-hydrogen) atoms. The van der Waals surface area contributed by atoms with Crippen LogP contribution in [-0.4, -0.2) is 0 Å². The molecule has 0 aliphatic carbocycles. The van der Waals surface area contributed by atoms with E-state index in [4.69, 9.17) is 0 Å². The van der Waals surface area contributed by atoms with E-state index in [1.807, 2.05) is 92.7 Å². The van der Waals surface area contributed by atoms with E-state index in [-0.39, 0.29) is 0 Å². The molecule has 112 valence electrons. The van der Waals surface area contributed by atoms with E-state index in [0.29, 0.717) is 5.31 Å². The summed E-state index contributed by atoms with van der Waals surface area (Å²) in [6.07, 6.45) is 5.76. The second kappa shape index (κ2) is 7.24. The van der Waals surface area contributed by atoms with Crippen LogP contribution in [0, 0.1) is 0 Å². The van der Waals surface area contributed by atoms with Crippen molar-refractivity contribution in [1.82, 2.24) is 0 Å². The van der Waals surface area contributed by atoms with Crippen molar-refractivity contribution in [2.24, 2.45) is 0 Å². The molecule has 0 atom stereocenters. The van der Waals surface area contributed by atoms with Gasteiger partial charge in [0.15, 0.2) is 7.14 Å². The molecule has 0 aliphatic rings. The van der Waals surface area contributed by atoms with Crippen molar-refractivity contribution >= 4 is 17.8 Å². The standard InChI is InChI=1S/C20H21OP/c1-17(2)11-10-12-18(3)22(21,19-13-6-4-7-14-19)20-15-8-5-9-16-20/h4-16H,3H2,1-2H3/b12-10-. The highest BCUT2D eigenvalue weighted by Gasteiger charge is 2.28. The van der Waals surface area contributed by atoms with Gasteiger partial charge in [-0.2, -0.15) is 0 Å². The number of hydrogen-bond donors (Lipinski definition) is 0. The molecule has 0 saturated heterocycles. The zero-order chi connectivity index (χ0) is 16.0. The summed E-state index contributed by atoms with van der Waals surface area (Å²) >= 11 is 0. The Labute approximate surface area is 133 Å². The molecular weight excluding hydrogens is 287 g/mol. The first-order chi connectivity index (χ1) is 10.5. The van der Waals surface area contributed by atoms with Crippen LogP contribution >= 0.6 is 7.14 Å². The van der Waals surface area contributed by atoms with Crippen LogP contribution in [0.5, 0.6) is 0 Å². The third kappa shape index (κ3) is 3.55. The van der Waals surface area contributed by atoms with E-state index in [0.717, 1.165) is 10.6 Å². The Morgan fingerprint density at radius 1 is 0.909 bits per heavy atom. The fourth-order valence-electron chi connectivity index (χ4n) is 2.21. The first-order valence-corrected chi connectivity index (χ1v) is 8.98. The minimum absolute atomic E-state index is 0.641. The Hall–Kier alpha value is -2.11. The lowest BCUT2D eigenvalue weighted by atomic mass is 10.3. The van der Waals surface area contributed by atoms with Crippen LogP contribution in [0.4, 0.5) is 0 Å². The predicted molar refractivity (Wildman–Crippen MR) is 97.5 cm³/mol. The topological polar surface area (TPSA) is 17.1 Å². The van der Waals surface area contributed by atoms with Crippen molar-refractivity contribution in [2.75, 3.05) is 0 Å². The molecular formula is C20H21OP. The molecule has 0 aromatic heterocycles. The van der Waals surface area contributed by atoms with E-state index in [1.165, 1.54) is 5.57 Å². The Balaban J connectivity index is 2.53. The summed E-state index contributed by atoms with van der Waals surface area (Å²) < 4.78 is 13.8. The van der Waals surface area contributed by atoms with Crippen molar-refractivity contribution in [3.63, 3.8) is 0 Å². The predicted octanol–water partition coefficient (Wildman–Crippen LogP) is 5.04. The average molecular weight is 308 g/mol. The molecule has 0 radical (unpaired) electrons. The van der Waals surface area contributed by atoms with Gasteiger partial charge in [0.1, 0.15) is 0 Å². The van der Waals surface area contributed by atoms with Gasteiger partial charge in [0, 0.05) is 15.9 Å². The lowest BCUT2D eigenvalue weighted by Gasteiger charge is -2.19. The molecule has 0 heterocycles. The van der Waals surface area contributed by atoms with Gasteiger partial charge in [0.2, 0.25) is 0 Å². The lowest BCUT2D eigenvalue weighted by molar-refractivity contribution is 0.591. The summed E-state index contributed by atoms with van der Waals surface area (Å²) in [6, 6.07) is 19.2. The minimum Gasteiger partial charge on any atom is -0.309 e. The van der Waals surface area contributed by atoms with Crippen molar-refractivity contribution < 1.29 is 4.57 Å². The second-order valence-corrected chi connectivity index (χ2v) is 8.20. The van der Waals surface area contributed by atoms with Crippen LogP contribution in [0.25, 0.3) is 0 Å². The molecule has 0 unspecified atom stereocenters. The number of hydrogen-bond acceptors (Lipinski definition) is 1. The van der Waals surface area contributed by atoms with Crippen LogP contribution < -0.4 is 10.6 Å². The number of benzene rings is 2. The fraction of sp³-hybridized carbons (Fsp3) is 0.100. The second-order valence-electron chi connectivity index (χ2n) is 5.37. The van der Waals surface area contributed by atoms with E-state index >= 15 is 0 Å². The molecule has 1 nitrogen and oxygen atoms in total. The minimum atomic E-state index is -2.89. The van der Waals surface area contributed by atoms with E-state index in [1.54, 1.807) is 0 Å². The summed E-state index contributed by atoms with van der Waals surface area (Å²) in [6.45, 7) is 8.15. The number of rotatable bonds is 5. The van der Waals surface area contributed by atoms with Crippen molar-refractivity contribution in [3.05, 3.63) is 96.4 Å². The molecule has 2 aromatic rings. The van der Waals surface area contributed by atoms with Crippen LogP contribution in [0.15, 0.2) is 96.4 Å². The Morgan fingerprint density at radius 2 is 1.36 bits per heavy atom. The van der Waals surface area contributed by atoms with Gasteiger partial charge in [-0.1, -0.05) is 91.0 Å². The van der Waals surface area contributed by atoms with Gasteiger partial charge in [-0.25, -0.2) is 0 Å². The van der Waals surface area contributed by atoms with Crippen LogP contribution in [0.3, 0.4) is 0 Å². The van der Waals surface area contributed by atoms with Gasteiger partial charge in [-0.15, -0.1) is 0 Å². The quantitative estimate of drug-likeness (QED) is 0.559. The first-order valence-electron chi connectivity index (χ1n) is 7.27. The molecule has 0 fully saturated rings. The molecule has 0 amide bonds. The molecule has 0 aliphatic heterocycles. The van der Waals surface area contributed by atoms with E-state index in [2.05, 4.69) is 6.58 Å². The molecule has 2 aromatic carbocycles. The van der Waals surface area contributed by atoms with E-state index < -0.39 is 7.14 Å². The highest BCUT2D eigenvalue weighted by molar-refractivity contribution is 7.82. The largest absolute Gasteiger partial charge is 0.309 e. The maximum Gasteiger partial charge on any atom is 0.170 e. The maximum atomic E-state index is 13.8. The summed E-state index contributed by atoms with van der Waals surface area (Å²) in [5.41, 5.74) is 1.19. The molecule has 2 rings (SSSR count). The zero-order valence-corrected chi connectivity index (χ0v) is 14.0. The van der Waals surface area contributed by atoms with Gasteiger partial charge in [-0.3, -0.25) is 0 Å². The summed E-state index contributed by atoms with van der Waals surface area (Å²) in [5, 5.41) is 2.27. The smallest absolute Gasteiger partial charge is 0.170 e. The fourth-order valence-corrected chi connectivity index (χ4v) is 4.65. The van der Waals surface area contributed by atoms with Crippen LogP contribution in [0.2, 0.25) is 0 Å². The molecule has 0 bridgehead atoms. The summed E-state index contributed by atoms with van der Waals surface area (Å²) in [7, 11) is -2.89. The monoisotopic (exact) mass is 308 g/mol. The average Bonchev–Trinajstić information content (AvgIpc) is 2.55. The zero-order valence-electron chi connectivity index (χ0n) is 13.1.